The van der Waals surface area contributed by atoms with Crippen LogP contribution in [0.3, 0.4) is 0 Å². The van der Waals surface area contributed by atoms with Gasteiger partial charge in [0.1, 0.15) is 0 Å². The number of aliphatic hydroxyl groups is 2. The van der Waals surface area contributed by atoms with E-state index >= 15 is 0 Å². The van der Waals surface area contributed by atoms with Crippen molar-refractivity contribution in [3.8, 4) is 0 Å². The molecule has 0 amide bonds. The Balaban J connectivity index is 2.50. The summed E-state index contributed by atoms with van der Waals surface area (Å²) in [5.74, 6) is -4.42. The maximum atomic E-state index is 13.8. The predicted octanol–water partition coefficient (Wildman–Crippen LogP) is 4.04. The molecule has 2 heterocycles. The van der Waals surface area contributed by atoms with Gasteiger partial charge in [-0.25, -0.2) is 0 Å². The molecule has 0 saturated heterocycles. The number of pyridine rings is 2. The molecule has 0 unspecified atom stereocenters. The molecule has 156 valence electrons. The number of hydrogen-bond donors (Lipinski definition) is 2. The molecule has 0 aliphatic heterocycles. The number of alkyl halides is 6. The van der Waals surface area contributed by atoms with Crippen molar-refractivity contribution in [2.45, 2.75) is 31.7 Å². The highest BCUT2D eigenvalue weighted by Crippen LogP contribution is 2.44. The third-order valence-electron chi connectivity index (χ3n) is 4.32. The number of benzene rings is 1. The van der Waals surface area contributed by atoms with Crippen LogP contribution in [0, 0.1) is 0 Å². The van der Waals surface area contributed by atoms with Gasteiger partial charge in [0, 0.05) is 40.9 Å². The van der Waals surface area contributed by atoms with E-state index in [-0.39, 0.29) is 17.5 Å². The van der Waals surface area contributed by atoms with E-state index in [1.807, 2.05) is 0 Å². The molecule has 5 nitrogen and oxygen atoms in total. The first kappa shape index (κ1) is 21.2. The van der Waals surface area contributed by atoms with Gasteiger partial charge in [-0.2, -0.15) is 26.3 Å². The number of fused-ring (bicyclic) bond motifs is 3. The van der Waals surface area contributed by atoms with E-state index in [2.05, 4.69) is 9.97 Å². The zero-order valence-electron chi connectivity index (χ0n) is 14.8. The highest BCUT2D eigenvalue weighted by Gasteiger charge is 2.55. The van der Waals surface area contributed by atoms with Gasteiger partial charge in [0.25, 0.3) is 5.79 Å². The first-order valence-electron chi connectivity index (χ1n) is 8.25. The van der Waals surface area contributed by atoms with Crippen LogP contribution in [-0.4, -0.2) is 33.0 Å². The van der Waals surface area contributed by atoms with E-state index in [1.54, 1.807) is 6.92 Å². The Labute approximate surface area is 159 Å². The van der Waals surface area contributed by atoms with Gasteiger partial charge in [0.2, 0.25) is 0 Å². The fraction of sp³-hybridized carbons (Fsp3) is 0.333. The van der Waals surface area contributed by atoms with Crippen LogP contribution in [0.15, 0.2) is 30.6 Å². The Morgan fingerprint density at radius 3 is 2.28 bits per heavy atom. The summed E-state index contributed by atoms with van der Waals surface area (Å²) < 4.78 is 86.2. The van der Waals surface area contributed by atoms with Gasteiger partial charge in [-0.1, -0.05) is 0 Å². The van der Waals surface area contributed by atoms with E-state index in [1.165, 1.54) is 12.1 Å². The molecular weight excluding hydrogens is 406 g/mol. The van der Waals surface area contributed by atoms with E-state index in [0.29, 0.717) is 6.07 Å². The summed E-state index contributed by atoms with van der Waals surface area (Å²) in [5, 5.41) is 18.6. The summed E-state index contributed by atoms with van der Waals surface area (Å²) in [6.45, 7) is 1.19. The summed E-state index contributed by atoms with van der Waals surface area (Å²) in [5.41, 5.74) is -3.69. The predicted molar refractivity (Wildman–Crippen MR) is 89.5 cm³/mol. The lowest BCUT2D eigenvalue weighted by Crippen LogP contribution is -2.42. The van der Waals surface area contributed by atoms with Gasteiger partial charge in [0.15, 0.2) is 0 Å². The molecule has 1 aromatic carbocycles. The number of halogens is 6. The van der Waals surface area contributed by atoms with Crippen LogP contribution in [0.4, 0.5) is 26.3 Å². The molecule has 11 heteroatoms. The van der Waals surface area contributed by atoms with E-state index in [0.717, 1.165) is 12.4 Å². The molecule has 0 spiro atoms. The van der Waals surface area contributed by atoms with Crippen molar-refractivity contribution in [3.05, 3.63) is 47.3 Å². The van der Waals surface area contributed by atoms with Gasteiger partial charge in [-0.3, -0.25) is 9.97 Å². The van der Waals surface area contributed by atoms with Crippen LogP contribution in [0.2, 0.25) is 0 Å². The van der Waals surface area contributed by atoms with Gasteiger partial charge in [-0.15, -0.1) is 0 Å². The molecule has 3 aromatic rings. The fourth-order valence-corrected chi connectivity index (χ4v) is 3.02. The third kappa shape index (κ3) is 3.61. The summed E-state index contributed by atoms with van der Waals surface area (Å²) in [7, 11) is 0. The second-order valence-corrected chi connectivity index (χ2v) is 6.18. The molecule has 2 N–H and O–H groups in total. The van der Waals surface area contributed by atoms with Gasteiger partial charge < -0.3 is 14.9 Å². The largest absolute Gasteiger partial charge is 0.447 e. The van der Waals surface area contributed by atoms with Gasteiger partial charge in [0.05, 0.1) is 23.2 Å². The highest BCUT2D eigenvalue weighted by atomic mass is 19.4. The number of aromatic nitrogens is 2. The monoisotopic (exact) mass is 420 g/mol. The van der Waals surface area contributed by atoms with Gasteiger partial charge >= 0.3 is 12.4 Å². The molecule has 3 rings (SSSR count). The fourth-order valence-electron chi connectivity index (χ4n) is 3.02. The zero-order valence-corrected chi connectivity index (χ0v) is 14.8. The highest BCUT2D eigenvalue weighted by molar-refractivity contribution is 6.07. The first-order valence-corrected chi connectivity index (χ1v) is 8.25. The van der Waals surface area contributed by atoms with Crippen LogP contribution in [-0.2, 0) is 23.3 Å². The van der Waals surface area contributed by atoms with Crippen LogP contribution in [0.5, 0.6) is 0 Å². The van der Waals surface area contributed by atoms with Crippen molar-refractivity contribution >= 4 is 21.8 Å². The maximum absolute atomic E-state index is 13.8. The smallest absolute Gasteiger partial charge is 0.377 e. The Morgan fingerprint density at radius 2 is 1.69 bits per heavy atom. The van der Waals surface area contributed by atoms with Crippen molar-refractivity contribution in [3.63, 3.8) is 0 Å². The number of nitrogens with zero attached hydrogens (tertiary/aromatic N) is 2. The number of ether oxygens (including phenoxy) is 1. The Bertz CT molecular complexity index is 1060. The average molecular weight is 420 g/mol. The molecule has 0 bridgehead atoms. The van der Waals surface area contributed by atoms with Crippen LogP contribution >= 0.6 is 0 Å². The lowest BCUT2D eigenvalue weighted by Gasteiger charge is -2.26. The summed E-state index contributed by atoms with van der Waals surface area (Å²) in [6.07, 6.45) is -8.54. The molecule has 0 atom stereocenters. The van der Waals surface area contributed by atoms with Crippen molar-refractivity contribution in [2.24, 2.45) is 0 Å². The third-order valence-corrected chi connectivity index (χ3v) is 4.32. The second-order valence-electron chi connectivity index (χ2n) is 6.18. The zero-order chi connectivity index (χ0) is 21.6. The normalized spacial score (nSPS) is 13.4. The second kappa shape index (κ2) is 7.08. The lowest BCUT2D eigenvalue weighted by molar-refractivity contribution is -0.357. The Hall–Kier alpha value is -2.50. The van der Waals surface area contributed by atoms with Crippen LogP contribution < -0.4 is 0 Å². The quantitative estimate of drug-likeness (QED) is 0.379. The van der Waals surface area contributed by atoms with Crippen molar-refractivity contribution < 1.29 is 41.3 Å². The molecule has 0 aliphatic carbocycles. The van der Waals surface area contributed by atoms with Crippen LogP contribution in [0.1, 0.15) is 23.6 Å². The summed E-state index contributed by atoms with van der Waals surface area (Å²) in [4.78, 5) is 7.67. The minimum absolute atomic E-state index is 0.104. The molecule has 0 radical (unpaired) electrons. The van der Waals surface area contributed by atoms with Crippen molar-refractivity contribution in [1.29, 1.82) is 0 Å². The lowest BCUT2D eigenvalue weighted by atomic mass is 9.94. The maximum Gasteiger partial charge on any atom is 0.447 e. The van der Waals surface area contributed by atoms with E-state index in [9.17, 15) is 36.6 Å². The van der Waals surface area contributed by atoms with Gasteiger partial charge in [-0.05, 0) is 25.1 Å². The molecule has 2 aromatic heterocycles. The standard InChI is InChI=1S/C18H14F6N2O3/c1-2-29-8-9-7-26-14-10-4-3-5-25-15(10)12(16(27,28)18(22,23)24)6-11(14)13(9)17(19,20)21/h3-7,27-28H,2,8H2,1H3. The number of rotatable bonds is 4. The first-order chi connectivity index (χ1) is 13.4. The minimum Gasteiger partial charge on any atom is -0.377 e. The Morgan fingerprint density at radius 1 is 1.00 bits per heavy atom. The van der Waals surface area contributed by atoms with E-state index < -0.39 is 52.3 Å². The van der Waals surface area contributed by atoms with Crippen molar-refractivity contribution in [2.75, 3.05) is 6.61 Å². The topological polar surface area (TPSA) is 75.5 Å². The SMILES string of the molecule is CCOCc1cnc2c(cc(C(O)(O)C(F)(F)F)c3ncccc32)c1C(F)(F)F. The Kier molecular flexibility index (Phi) is 5.18. The average Bonchev–Trinajstić information content (AvgIpc) is 2.63. The summed E-state index contributed by atoms with van der Waals surface area (Å²) >= 11 is 0. The van der Waals surface area contributed by atoms with E-state index in [4.69, 9.17) is 4.74 Å². The molecule has 0 aliphatic rings. The van der Waals surface area contributed by atoms with Crippen molar-refractivity contribution in [1.82, 2.24) is 9.97 Å². The minimum atomic E-state index is -5.58. The molecule has 0 fully saturated rings. The molecular formula is C18H14F6N2O3. The summed E-state index contributed by atoms with van der Waals surface area (Å²) in [6, 6.07) is 2.91. The molecule has 0 saturated carbocycles. The number of hydrogen-bond acceptors (Lipinski definition) is 5. The van der Waals surface area contributed by atoms with Crippen LogP contribution in [0.25, 0.3) is 21.8 Å². The molecule has 29 heavy (non-hydrogen) atoms.